The van der Waals surface area contributed by atoms with E-state index >= 15 is 0 Å². The van der Waals surface area contributed by atoms with E-state index in [9.17, 15) is 4.39 Å². The maximum absolute atomic E-state index is 13.8. The number of benzene rings is 1. The third-order valence-corrected chi connectivity index (χ3v) is 3.49. The maximum Gasteiger partial charge on any atom is 0.151 e. The van der Waals surface area contributed by atoms with Gasteiger partial charge in [-0.25, -0.2) is 9.37 Å². The van der Waals surface area contributed by atoms with E-state index in [1.165, 1.54) is 0 Å². The molecule has 1 aromatic carbocycles. The highest BCUT2D eigenvalue weighted by molar-refractivity contribution is 5.78. The van der Waals surface area contributed by atoms with Crippen molar-refractivity contribution in [3.05, 3.63) is 29.3 Å². The Morgan fingerprint density at radius 1 is 1.38 bits per heavy atom. The molecular formula is C13H15FN2. The lowest BCUT2D eigenvalue weighted by Crippen LogP contribution is -2.21. The van der Waals surface area contributed by atoms with Crippen LogP contribution < -0.4 is 0 Å². The van der Waals surface area contributed by atoms with Crippen molar-refractivity contribution >= 4 is 11.0 Å². The van der Waals surface area contributed by atoms with E-state index in [0.29, 0.717) is 5.52 Å². The first-order valence-electron chi connectivity index (χ1n) is 5.67. The molecule has 0 radical (unpaired) electrons. The Balaban J connectivity index is 2.43. The monoisotopic (exact) mass is 218 g/mol. The highest BCUT2D eigenvalue weighted by Gasteiger charge is 2.32. The van der Waals surface area contributed by atoms with Gasteiger partial charge in [0.1, 0.15) is 11.3 Å². The van der Waals surface area contributed by atoms with Crippen molar-refractivity contribution in [2.45, 2.75) is 39.2 Å². The molecule has 16 heavy (non-hydrogen) atoms. The molecule has 0 spiro atoms. The van der Waals surface area contributed by atoms with Crippen LogP contribution in [-0.4, -0.2) is 9.55 Å². The predicted molar refractivity (Wildman–Crippen MR) is 62.1 cm³/mol. The molecule has 2 nitrogen and oxygen atoms in total. The van der Waals surface area contributed by atoms with Crippen LogP contribution in [0, 0.1) is 12.7 Å². The summed E-state index contributed by atoms with van der Waals surface area (Å²) in [4.78, 5) is 4.42. The van der Waals surface area contributed by atoms with Crippen molar-refractivity contribution in [3.63, 3.8) is 0 Å². The first-order valence-corrected chi connectivity index (χ1v) is 5.67. The smallest absolute Gasteiger partial charge is 0.151 e. The maximum atomic E-state index is 13.8. The van der Waals surface area contributed by atoms with Crippen LogP contribution in [0.4, 0.5) is 4.39 Å². The molecule has 0 N–H and O–H groups in total. The molecule has 0 atom stereocenters. The summed E-state index contributed by atoms with van der Waals surface area (Å²) < 4.78 is 16.0. The third kappa shape index (κ3) is 1.14. The standard InChI is InChI=1S/C13H15FN2/c1-8-6-9(14)12-10(7-8)16-11(15-12)4-5-13(16,2)3/h6-7H,4-5H2,1-3H3. The Kier molecular flexibility index (Phi) is 1.74. The van der Waals surface area contributed by atoms with Crippen molar-refractivity contribution < 1.29 is 4.39 Å². The Morgan fingerprint density at radius 3 is 2.88 bits per heavy atom. The number of aryl methyl sites for hydroxylation is 2. The summed E-state index contributed by atoms with van der Waals surface area (Å²) in [6, 6.07) is 3.58. The Morgan fingerprint density at radius 2 is 2.12 bits per heavy atom. The molecule has 84 valence electrons. The number of hydrogen-bond acceptors (Lipinski definition) is 1. The normalized spacial score (nSPS) is 18.0. The molecule has 0 aliphatic carbocycles. The second-order valence-electron chi connectivity index (χ2n) is 5.29. The van der Waals surface area contributed by atoms with Crippen molar-refractivity contribution in [1.29, 1.82) is 0 Å². The zero-order chi connectivity index (χ0) is 11.5. The Bertz CT molecular complexity index is 581. The van der Waals surface area contributed by atoms with Gasteiger partial charge in [0.25, 0.3) is 0 Å². The van der Waals surface area contributed by atoms with Crippen LogP contribution in [0.25, 0.3) is 11.0 Å². The fourth-order valence-corrected chi connectivity index (χ4v) is 2.69. The van der Waals surface area contributed by atoms with Crippen molar-refractivity contribution in [2.75, 3.05) is 0 Å². The fraction of sp³-hybridized carbons (Fsp3) is 0.462. The minimum Gasteiger partial charge on any atom is -0.322 e. The summed E-state index contributed by atoms with van der Waals surface area (Å²) in [7, 11) is 0. The number of rotatable bonds is 0. The number of aromatic nitrogens is 2. The average molecular weight is 218 g/mol. The molecule has 1 aliphatic rings. The number of nitrogens with zero attached hydrogens (tertiary/aromatic N) is 2. The average Bonchev–Trinajstić information content (AvgIpc) is 2.66. The molecular weight excluding hydrogens is 203 g/mol. The van der Waals surface area contributed by atoms with Crippen LogP contribution >= 0.6 is 0 Å². The van der Waals surface area contributed by atoms with Crippen LogP contribution in [0.15, 0.2) is 12.1 Å². The first-order chi connectivity index (χ1) is 7.49. The number of hydrogen-bond donors (Lipinski definition) is 0. The van der Waals surface area contributed by atoms with Crippen molar-refractivity contribution in [1.82, 2.24) is 9.55 Å². The van der Waals surface area contributed by atoms with Crippen LogP contribution in [0.2, 0.25) is 0 Å². The van der Waals surface area contributed by atoms with Gasteiger partial charge in [-0.3, -0.25) is 0 Å². The molecule has 3 heteroatoms. The lowest BCUT2D eigenvalue weighted by molar-refractivity contribution is 0.386. The van der Waals surface area contributed by atoms with Gasteiger partial charge in [-0.2, -0.15) is 0 Å². The van der Waals surface area contributed by atoms with Gasteiger partial charge in [0.15, 0.2) is 5.82 Å². The van der Waals surface area contributed by atoms with Gasteiger partial charge in [-0.1, -0.05) is 0 Å². The Labute approximate surface area is 94.1 Å². The van der Waals surface area contributed by atoms with E-state index in [1.54, 1.807) is 6.07 Å². The zero-order valence-corrected chi connectivity index (χ0v) is 9.84. The van der Waals surface area contributed by atoms with Gasteiger partial charge in [0.05, 0.1) is 5.52 Å². The summed E-state index contributed by atoms with van der Waals surface area (Å²) >= 11 is 0. The van der Waals surface area contributed by atoms with Crippen LogP contribution in [0.3, 0.4) is 0 Å². The van der Waals surface area contributed by atoms with E-state index < -0.39 is 0 Å². The zero-order valence-electron chi connectivity index (χ0n) is 9.84. The highest BCUT2D eigenvalue weighted by atomic mass is 19.1. The SMILES string of the molecule is Cc1cc(F)c2nc3n(c2c1)C(C)(C)CC3. The molecule has 0 unspecified atom stereocenters. The second-order valence-corrected chi connectivity index (χ2v) is 5.29. The summed E-state index contributed by atoms with van der Waals surface area (Å²) in [5.74, 6) is 0.817. The van der Waals surface area contributed by atoms with E-state index in [2.05, 4.69) is 23.4 Å². The molecule has 2 aromatic rings. The molecule has 0 saturated carbocycles. The molecule has 0 fully saturated rings. The van der Waals surface area contributed by atoms with Gasteiger partial charge in [0, 0.05) is 12.0 Å². The number of fused-ring (bicyclic) bond motifs is 3. The molecule has 0 saturated heterocycles. The lowest BCUT2D eigenvalue weighted by atomic mass is 10.0. The van der Waals surface area contributed by atoms with Crippen LogP contribution in [0.1, 0.15) is 31.7 Å². The van der Waals surface area contributed by atoms with Crippen LogP contribution in [0.5, 0.6) is 0 Å². The molecule has 2 heterocycles. The third-order valence-electron chi connectivity index (χ3n) is 3.49. The minimum atomic E-state index is -0.201. The second kappa shape index (κ2) is 2.84. The largest absolute Gasteiger partial charge is 0.322 e. The van der Waals surface area contributed by atoms with E-state index in [0.717, 1.165) is 29.7 Å². The number of imidazole rings is 1. The summed E-state index contributed by atoms with van der Waals surface area (Å²) in [6.45, 7) is 6.29. The minimum absolute atomic E-state index is 0.0598. The molecule has 0 bridgehead atoms. The lowest BCUT2D eigenvalue weighted by Gasteiger charge is -2.21. The van der Waals surface area contributed by atoms with E-state index in [1.807, 2.05) is 13.0 Å². The van der Waals surface area contributed by atoms with Gasteiger partial charge < -0.3 is 4.57 Å². The number of halogens is 1. The van der Waals surface area contributed by atoms with Gasteiger partial charge in [-0.05, 0) is 44.9 Å². The van der Waals surface area contributed by atoms with Crippen molar-refractivity contribution in [2.24, 2.45) is 0 Å². The molecule has 1 aliphatic heterocycles. The topological polar surface area (TPSA) is 17.8 Å². The van der Waals surface area contributed by atoms with Gasteiger partial charge in [0.2, 0.25) is 0 Å². The summed E-state index contributed by atoms with van der Waals surface area (Å²) in [5.41, 5.74) is 2.48. The predicted octanol–water partition coefficient (Wildman–Crippen LogP) is 3.17. The first kappa shape index (κ1) is 9.82. The fourth-order valence-electron chi connectivity index (χ4n) is 2.69. The van der Waals surface area contributed by atoms with E-state index in [-0.39, 0.29) is 11.4 Å². The summed E-state index contributed by atoms with van der Waals surface area (Å²) in [5, 5.41) is 0. The molecule has 1 aromatic heterocycles. The van der Waals surface area contributed by atoms with Crippen molar-refractivity contribution in [3.8, 4) is 0 Å². The van der Waals surface area contributed by atoms with E-state index in [4.69, 9.17) is 0 Å². The van der Waals surface area contributed by atoms with Gasteiger partial charge in [-0.15, -0.1) is 0 Å². The highest BCUT2D eigenvalue weighted by Crippen LogP contribution is 2.36. The quantitative estimate of drug-likeness (QED) is 0.664. The summed E-state index contributed by atoms with van der Waals surface area (Å²) in [6.07, 6.45) is 2.03. The molecule has 3 rings (SSSR count). The molecule has 0 amide bonds. The Hall–Kier alpha value is -1.38. The van der Waals surface area contributed by atoms with Gasteiger partial charge >= 0.3 is 0 Å². The van der Waals surface area contributed by atoms with Crippen LogP contribution in [-0.2, 0) is 12.0 Å².